The van der Waals surface area contributed by atoms with Crippen molar-refractivity contribution in [2.75, 3.05) is 6.26 Å². The van der Waals surface area contributed by atoms with Crippen molar-refractivity contribution in [1.29, 1.82) is 0 Å². The Hall–Kier alpha value is -0.880. The molecule has 0 saturated carbocycles. The molecule has 1 rings (SSSR count). The normalized spacial score (nSPS) is 12.2. The maximum Gasteiger partial charge on any atom is 0.275 e. The van der Waals surface area contributed by atoms with E-state index in [-0.39, 0.29) is 11.5 Å². The highest BCUT2D eigenvalue weighted by molar-refractivity contribution is 9.09. The number of halogens is 1. The number of nitrogens with zero attached hydrogens (tertiary/aromatic N) is 1. The number of ketones is 1. The van der Waals surface area contributed by atoms with Gasteiger partial charge in [-0.25, -0.2) is 0 Å². The van der Waals surface area contributed by atoms with Crippen LogP contribution in [0.4, 0.5) is 5.69 Å². The van der Waals surface area contributed by atoms with Crippen molar-refractivity contribution in [3.05, 3.63) is 33.9 Å². The van der Waals surface area contributed by atoms with Crippen LogP contribution in [-0.2, 0) is 4.79 Å². The van der Waals surface area contributed by atoms with Crippen molar-refractivity contribution < 1.29 is 9.72 Å². The van der Waals surface area contributed by atoms with E-state index in [0.717, 1.165) is 4.90 Å². The van der Waals surface area contributed by atoms with Crippen molar-refractivity contribution >= 4 is 39.2 Å². The van der Waals surface area contributed by atoms with Gasteiger partial charge in [-0.1, -0.05) is 22.0 Å². The molecular formula is C10H10BrNO3S. The minimum Gasteiger partial charge on any atom is -0.298 e. The molecule has 1 aromatic rings. The van der Waals surface area contributed by atoms with Crippen LogP contribution in [0.1, 0.15) is 17.3 Å². The topological polar surface area (TPSA) is 60.2 Å². The number of nitro benzene ring substituents is 1. The first-order valence-corrected chi connectivity index (χ1v) is 6.59. The van der Waals surface area contributed by atoms with Crippen LogP contribution in [0.25, 0.3) is 0 Å². The molecule has 0 bridgehead atoms. The van der Waals surface area contributed by atoms with Gasteiger partial charge in [0.05, 0.1) is 10.5 Å². The minimum atomic E-state index is -0.628. The van der Waals surface area contributed by atoms with Crippen LogP contribution in [-0.4, -0.2) is 17.0 Å². The van der Waals surface area contributed by atoms with Crippen LogP contribution < -0.4 is 0 Å². The number of carbonyl (C=O) groups excluding carboxylic acids is 1. The van der Waals surface area contributed by atoms with Gasteiger partial charge in [0.15, 0.2) is 0 Å². The number of nitro groups is 1. The highest BCUT2D eigenvalue weighted by atomic mass is 79.9. The summed E-state index contributed by atoms with van der Waals surface area (Å²) in [7, 11) is 0. The van der Waals surface area contributed by atoms with Gasteiger partial charge in [0.2, 0.25) is 0 Å². The summed E-state index contributed by atoms with van der Waals surface area (Å²) in [6.45, 7) is 1.40. The quantitative estimate of drug-likeness (QED) is 0.370. The lowest BCUT2D eigenvalue weighted by Gasteiger charge is -2.11. The fourth-order valence-electron chi connectivity index (χ4n) is 1.33. The molecule has 86 valence electrons. The molecule has 6 heteroatoms. The fourth-order valence-corrected chi connectivity index (χ4v) is 2.62. The molecule has 0 aliphatic rings. The van der Waals surface area contributed by atoms with Crippen LogP contribution in [0.15, 0.2) is 23.1 Å². The van der Waals surface area contributed by atoms with E-state index in [0.29, 0.717) is 5.56 Å². The zero-order valence-corrected chi connectivity index (χ0v) is 11.2. The van der Waals surface area contributed by atoms with Crippen molar-refractivity contribution in [2.45, 2.75) is 16.6 Å². The van der Waals surface area contributed by atoms with Gasteiger partial charge in [0.25, 0.3) is 5.69 Å². The van der Waals surface area contributed by atoms with Gasteiger partial charge < -0.3 is 0 Å². The standard InChI is InChI=1S/C10H10BrNO3S/c1-6(13)10(11)9-7(12(14)15)4-3-5-8(9)16-2/h3-5,10H,1-2H3. The lowest BCUT2D eigenvalue weighted by molar-refractivity contribution is -0.385. The number of Topliss-reactive ketones (excluding diaryl/α,β-unsaturated/α-hetero) is 1. The molecule has 0 aromatic heterocycles. The summed E-state index contributed by atoms with van der Waals surface area (Å²) in [6.07, 6.45) is 1.82. The molecule has 0 spiro atoms. The van der Waals surface area contributed by atoms with E-state index in [4.69, 9.17) is 0 Å². The van der Waals surface area contributed by atoms with Gasteiger partial charge >= 0.3 is 0 Å². The van der Waals surface area contributed by atoms with Gasteiger partial charge in [-0.15, -0.1) is 11.8 Å². The van der Waals surface area contributed by atoms with Crippen molar-refractivity contribution in [1.82, 2.24) is 0 Å². The summed E-state index contributed by atoms with van der Waals surface area (Å²) in [6, 6.07) is 4.80. The summed E-state index contributed by atoms with van der Waals surface area (Å²) in [4.78, 5) is 21.8. The molecular weight excluding hydrogens is 294 g/mol. The molecule has 0 aliphatic carbocycles. The van der Waals surface area contributed by atoms with E-state index in [1.54, 1.807) is 12.1 Å². The number of hydrogen-bond acceptors (Lipinski definition) is 4. The Balaban J connectivity index is 3.41. The van der Waals surface area contributed by atoms with E-state index in [1.807, 2.05) is 6.26 Å². The number of benzene rings is 1. The third kappa shape index (κ3) is 2.62. The Labute approximate surface area is 106 Å². The second kappa shape index (κ2) is 5.45. The van der Waals surface area contributed by atoms with Crippen LogP contribution >= 0.6 is 27.7 Å². The Bertz CT molecular complexity index is 436. The van der Waals surface area contributed by atoms with Gasteiger partial charge in [0.1, 0.15) is 10.6 Å². The second-order valence-corrected chi connectivity index (χ2v) is 4.89. The first-order valence-electron chi connectivity index (χ1n) is 4.44. The lowest BCUT2D eigenvalue weighted by Crippen LogP contribution is -2.06. The first kappa shape index (κ1) is 13.2. The molecule has 0 aliphatic heterocycles. The molecule has 0 fully saturated rings. The predicted molar refractivity (Wildman–Crippen MR) is 67.2 cm³/mol. The van der Waals surface area contributed by atoms with E-state index < -0.39 is 9.75 Å². The van der Waals surface area contributed by atoms with Crippen molar-refractivity contribution in [3.8, 4) is 0 Å². The summed E-state index contributed by atoms with van der Waals surface area (Å²) in [5.74, 6) is -0.149. The van der Waals surface area contributed by atoms with Gasteiger partial charge in [-0.2, -0.15) is 0 Å². The van der Waals surface area contributed by atoms with E-state index in [9.17, 15) is 14.9 Å². The Morgan fingerprint density at radius 3 is 2.62 bits per heavy atom. The highest BCUT2D eigenvalue weighted by Gasteiger charge is 2.26. The number of carbonyl (C=O) groups is 1. The maximum atomic E-state index is 11.3. The second-order valence-electron chi connectivity index (χ2n) is 3.12. The number of thioether (sulfide) groups is 1. The molecule has 1 atom stereocenters. The van der Waals surface area contributed by atoms with Gasteiger partial charge in [0, 0.05) is 11.0 Å². The third-order valence-corrected chi connectivity index (χ3v) is 3.97. The zero-order valence-electron chi connectivity index (χ0n) is 8.77. The molecule has 0 heterocycles. The molecule has 1 unspecified atom stereocenters. The van der Waals surface area contributed by atoms with Crippen LogP contribution in [0.5, 0.6) is 0 Å². The van der Waals surface area contributed by atoms with Crippen LogP contribution in [0.2, 0.25) is 0 Å². The average molecular weight is 304 g/mol. The summed E-state index contributed by atoms with van der Waals surface area (Å²) < 4.78 is 0. The van der Waals surface area contributed by atoms with E-state index in [2.05, 4.69) is 15.9 Å². The van der Waals surface area contributed by atoms with Crippen molar-refractivity contribution in [2.24, 2.45) is 0 Å². The monoisotopic (exact) mass is 303 g/mol. The van der Waals surface area contributed by atoms with Gasteiger partial charge in [-0.3, -0.25) is 14.9 Å². The molecule has 0 saturated heterocycles. The highest BCUT2D eigenvalue weighted by Crippen LogP contribution is 2.38. The molecule has 0 amide bonds. The van der Waals surface area contributed by atoms with Gasteiger partial charge in [-0.05, 0) is 19.2 Å². The molecule has 16 heavy (non-hydrogen) atoms. The van der Waals surface area contributed by atoms with Crippen LogP contribution in [0, 0.1) is 10.1 Å². The molecule has 1 aromatic carbocycles. The Kier molecular flexibility index (Phi) is 4.49. The number of hydrogen-bond donors (Lipinski definition) is 0. The SMILES string of the molecule is CSc1cccc([N+](=O)[O-])c1C(Br)C(C)=O. The van der Waals surface area contributed by atoms with E-state index >= 15 is 0 Å². The summed E-state index contributed by atoms with van der Waals surface area (Å²) >= 11 is 4.58. The van der Waals surface area contributed by atoms with Crippen LogP contribution in [0.3, 0.4) is 0 Å². The fraction of sp³-hybridized carbons (Fsp3) is 0.300. The van der Waals surface area contributed by atoms with Crippen molar-refractivity contribution in [3.63, 3.8) is 0 Å². The molecule has 0 N–H and O–H groups in total. The number of alkyl halides is 1. The number of rotatable bonds is 4. The molecule has 0 radical (unpaired) electrons. The average Bonchev–Trinajstić information content (AvgIpc) is 2.26. The maximum absolute atomic E-state index is 11.3. The predicted octanol–water partition coefficient (Wildman–Crippen LogP) is 3.34. The lowest BCUT2D eigenvalue weighted by atomic mass is 10.1. The summed E-state index contributed by atoms with van der Waals surface area (Å²) in [5, 5.41) is 10.9. The Morgan fingerprint density at radius 1 is 1.56 bits per heavy atom. The first-order chi connectivity index (χ1) is 7.49. The third-order valence-electron chi connectivity index (χ3n) is 2.07. The zero-order chi connectivity index (χ0) is 12.3. The smallest absolute Gasteiger partial charge is 0.275 e. The van der Waals surface area contributed by atoms with E-state index in [1.165, 1.54) is 24.8 Å². The Morgan fingerprint density at radius 2 is 2.19 bits per heavy atom. The largest absolute Gasteiger partial charge is 0.298 e. The minimum absolute atomic E-state index is 0.0241. The summed E-state index contributed by atoms with van der Waals surface area (Å²) in [5.41, 5.74) is 0.413. The molecule has 4 nitrogen and oxygen atoms in total.